The highest BCUT2D eigenvalue weighted by Gasteiger charge is 2.16. The third-order valence-electron chi connectivity index (χ3n) is 2.31. The molecule has 0 fully saturated rings. The van der Waals surface area contributed by atoms with Gasteiger partial charge in [0.05, 0.1) is 12.8 Å². The summed E-state index contributed by atoms with van der Waals surface area (Å²) in [5.74, 6) is 0.399. The van der Waals surface area contributed by atoms with E-state index < -0.39 is 0 Å². The first-order valence-electron chi connectivity index (χ1n) is 5.31. The van der Waals surface area contributed by atoms with Crippen LogP contribution in [0.3, 0.4) is 0 Å². The van der Waals surface area contributed by atoms with Crippen molar-refractivity contribution < 1.29 is 9.63 Å². The van der Waals surface area contributed by atoms with Gasteiger partial charge in [-0.05, 0) is 19.1 Å². The summed E-state index contributed by atoms with van der Waals surface area (Å²) in [4.78, 5) is 16.7. The van der Waals surface area contributed by atoms with Crippen LogP contribution in [-0.2, 0) is 11.9 Å². The summed E-state index contributed by atoms with van der Waals surface area (Å²) in [6.45, 7) is 2.22. The smallest absolute Gasteiger partial charge is 0.280 e. The second kappa shape index (κ2) is 4.84. The maximum Gasteiger partial charge on any atom is 0.280 e. The normalized spacial score (nSPS) is 10.5. The third-order valence-corrected chi connectivity index (χ3v) is 2.31. The maximum atomic E-state index is 11.8. The highest BCUT2D eigenvalue weighted by atomic mass is 16.6. The van der Waals surface area contributed by atoms with Gasteiger partial charge in [-0.2, -0.15) is 5.10 Å². The van der Waals surface area contributed by atoms with E-state index >= 15 is 0 Å². The molecule has 2 aromatic rings. The summed E-state index contributed by atoms with van der Waals surface area (Å²) >= 11 is 0. The standard InChI is InChI=1S/C11H14N4O2/c1-3-17-13-10(16)9-8-12-14(2)11(9)15-6-4-5-7-15/h4-8H,3H2,1-2H3,(H,13,16). The molecular formula is C11H14N4O2. The second-order valence-electron chi connectivity index (χ2n) is 3.46. The Hall–Kier alpha value is -2.08. The van der Waals surface area contributed by atoms with Crippen LogP contribution in [0, 0.1) is 0 Å². The molecular weight excluding hydrogens is 220 g/mol. The van der Waals surface area contributed by atoms with Gasteiger partial charge in [-0.15, -0.1) is 0 Å². The number of rotatable bonds is 4. The Bertz CT molecular complexity index is 502. The molecule has 6 heteroatoms. The number of hydroxylamine groups is 1. The molecule has 0 aliphatic rings. The molecule has 0 saturated heterocycles. The van der Waals surface area contributed by atoms with E-state index in [1.807, 2.05) is 29.1 Å². The van der Waals surface area contributed by atoms with Crippen LogP contribution < -0.4 is 5.48 Å². The highest BCUT2D eigenvalue weighted by Crippen LogP contribution is 2.13. The zero-order chi connectivity index (χ0) is 12.3. The minimum Gasteiger partial charge on any atom is -0.308 e. The molecule has 2 aromatic heterocycles. The summed E-state index contributed by atoms with van der Waals surface area (Å²) in [7, 11) is 1.78. The predicted molar refractivity (Wildman–Crippen MR) is 61.6 cm³/mol. The lowest BCUT2D eigenvalue weighted by Gasteiger charge is -2.07. The number of aromatic nitrogens is 3. The summed E-state index contributed by atoms with van der Waals surface area (Å²) in [5, 5.41) is 4.08. The molecule has 1 N–H and O–H groups in total. The molecule has 0 aliphatic heterocycles. The van der Waals surface area contributed by atoms with E-state index in [-0.39, 0.29) is 5.91 Å². The fraction of sp³-hybridized carbons (Fsp3) is 0.273. The van der Waals surface area contributed by atoms with Gasteiger partial charge in [0.1, 0.15) is 11.4 Å². The number of amides is 1. The van der Waals surface area contributed by atoms with E-state index in [4.69, 9.17) is 4.84 Å². The number of carbonyl (C=O) groups excluding carboxylic acids is 1. The summed E-state index contributed by atoms with van der Waals surface area (Å²) in [6, 6.07) is 3.77. The fourth-order valence-corrected chi connectivity index (χ4v) is 1.57. The lowest BCUT2D eigenvalue weighted by Crippen LogP contribution is -2.24. The Morgan fingerprint density at radius 1 is 1.47 bits per heavy atom. The van der Waals surface area contributed by atoms with Gasteiger partial charge < -0.3 is 4.57 Å². The summed E-state index contributed by atoms with van der Waals surface area (Å²) in [6.07, 6.45) is 5.23. The van der Waals surface area contributed by atoms with Crippen LogP contribution in [-0.4, -0.2) is 26.9 Å². The lowest BCUT2D eigenvalue weighted by atomic mass is 10.3. The maximum absolute atomic E-state index is 11.8. The van der Waals surface area contributed by atoms with Gasteiger partial charge in [0.2, 0.25) is 0 Å². The first kappa shape index (κ1) is 11.4. The van der Waals surface area contributed by atoms with E-state index in [0.29, 0.717) is 18.0 Å². The van der Waals surface area contributed by atoms with Crippen LogP contribution in [0.15, 0.2) is 30.7 Å². The molecule has 17 heavy (non-hydrogen) atoms. The van der Waals surface area contributed by atoms with Crippen LogP contribution in [0.25, 0.3) is 5.82 Å². The molecule has 6 nitrogen and oxygen atoms in total. The van der Waals surface area contributed by atoms with Gasteiger partial charge in [-0.1, -0.05) is 0 Å². The molecule has 0 spiro atoms. The molecule has 0 aliphatic carbocycles. The number of nitrogens with zero attached hydrogens (tertiary/aromatic N) is 3. The Labute approximate surface area is 98.8 Å². The Balaban J connectivity index is 2.33. The van der Waals surface area contributed by atoms with Crippen LogP contribution >= 0.6 is 0 Å². The van der Waals surface area contributed by atoms with Gasteiger partial charge >= 0.3 is 0 Å². The van der Waals surface area contributed by atoms with Crippen molar-refractivity contribution in [3.05, 3.63) is 36.3 Å². The van der Waals surface area contributed by atoms with E-state index in [0.717, 1.165) is 0 Å². The largest absolute Gasteiger partial charge is 0.308 e. The van der Waals surface area contributed by atoms with Crippen molar-refractivity contribution in [2.75, 3.05) is 6.61 Å². The van der Waals surface area contributed by atoms with Crippen molar-refractivity contribution in [2.45, 2.75) is 6.92 Å². The molecule has 2 heterocycles. The summed E-state index contributed by atoms with van der Waals surface area (Å²) in [5.41, 5.74) is 2.83. The zero-order valence-corrected chi connectivity index (χ0v) is 9.75. The van der Waals surface area contributed by atoms with E-state index in [9.17, 15) is 4.79 Å². The van der Waals surface area contributed by atoms with Gasteiger partial charge in [0.25, 0.3) is 5.91 Å². The van der Waals surface area contributed by atoms with Crippen LogP contribution in [0.4, 0.5) is 0 Å². The van der Waals surface area contributed by atoms with Gasteiger partial charge in [-0.25, -0.2) is 5.48 Å². The molecule has 90 valence electrons. The van der Waals surface area contributed by atoms with E-state index in [2.05, 4.69) is 10.6 Å². The molecule has 0 radical (unpaired) electrons. The van der Waals surface area contributed by atoms with Crippen molar-refractivity contribution in [2.24, 2.45) is 7.05 Å². The zero-order valence-electron chi connectivity index (χ0n) is 9.75. The minimum atomic E-state index is -0.302. The van der Waals surface area contributed by atoms with Gasteiger partial charge in [0.15, 0.2) is 0 Å². The summed E-state index contributed by atoms with van der Waals surface area (Å²) < 4.78 is 3.47. The van der Waals surface area contributed by atoms with Gasteiger partial charge in [-0.3, -0.25) is 14.3 Å². The van der Waals surface area contributed by atoms with Crippen molar-refractivity contribution in [3.8, 4) is 5.82 Å². The fourth-order valence-electron chi connectivity index (χ4n) is 1.57. The van der Waals surface area contributed by atoms with Crippen molar-refractivity contribution in [1.29, 1.82) is 0 Å². The Morgan fingerprint density at radius 2 is 2.18 bits per heavy atom. The number of hydrogen-bond acceptors (Lipinski definition) is 3. The monoisotopic (exact) mass is 234 g/mol. The molecule has 0 bridgehead atoms. The van der Waals surface area contributed by atoms with Gasteiger partial charge in [0, 0.05) is 19.4 Å². The molecule has 2 rings (SSSR count). The van der Waals surface area contributed by atoms with Crippen molar-refractivity contribution in [1.82, 2.24) is 19.8 Å². The Morgan fingerprint density at radius 3 is 2.82 bits per heavy atom. The average molecular weight is 234 g/mol. The van der Waals surface area contributed by atoms with Crippen molar-refractivity contribution in [3.63, 3.8) is 0 Å². The van der Waals surface area contributed by atoms with Crippen LogP contribution in [0.1, 0.15) is 17.3 Å². The van der Waals surface area contributed by atoms with Crippen LogP contribution in [0.5, 0.6) is 0 Å². The minimum absolute atomic E-state index is 0.302. The quantitative estimate of drug-likeness (QED) is 0.799. The molecule has 0 unspecified atom stereocenters. The highest BCUT2D eigenvalue weighted by molar-refractivity contribution is 5.96. The number of aryl methyl sites for hydroxylation is 1. The van der Waals surface area contributed by atoms with Crippen LogP contribution in [0.2, 0.25) is 0 Å². The van der Waals surface area contributed by atoms with E-state index in [1.165, 1.54) is 6.20 Å². The predicted octanol–water partition coefficient (Wildman–Crippen LogP) is 0.892. The molecule has 0 aromatic carbocycles. The number of nitrogens with one attached hydrogen (secondary N) is 1. The molecule has 0 atom stereocenters. The number of hydrogen-bond donors (Lipinski definition) is 1. The lowest BCUT2D eigenvalue weighted by molar-refractivity contribution is 0.0364. The molecule has 0 saturated carbocycles. The Kier molecular flexibility index (Phi) is 3.24. The first-order chi connectivity index (χ1) is 8.24. The second-order valence-corrected chi connectivity index (χ2v) is 3.46. The van der Waals surface area contributed by atoms with E-state index in [1.54, 1.807) is 18.7 Å². The first-order valence-corrected chi connectivity index (χ1v) is 5.31. The number of carbonyl (C=O) groups is 1. The topological polar surface area (TPSA) is 61.1 Å². The van der Waals surface area contributed by atoms with Crippen molar-refractivity contribution >= 4 is 5.91 Å². The third kappa shape index (κ3) is 2.21. The average Bonchev–Trinajstić information content (AvgIpc) is 2.94. The molecule has 1 amide bonds. The SMILES string of the molecule is CCONC(=O)c1cnn(C)c1-n1cccc1.